The average Bonchev–Trinajstić information content (AvgIpc) is 3.01. The van der Waals surface area contributed by atoms with Crippen LogP contribution in [0.2, 0.25) is 0 Å². The number of carbonyl (C=O) groups excluding carboxylic acids is 1. The van der Waals surface area contributed by atoms with Gasteiger partial charge >= 0.3 is 5.97 Å². The van der Waals surface area contributed by atoms with Crippen LogP contribution in [0.3, 0.4) is 0 Å². The number of amides is 1. The number of aliphatic carboxylic acids is 1. The van der Waals surface area contributed by atoms with Gasteiger partial charge in [-0.05, 0) is 32.4 Å². The van der Waals surface area contributed by atoms with Crippen molar-refractivity contribution in [1.29, 1.82) is 0 Å². The van der Waals surface area contributed by atoms with Gasteiger partial charge in [0.25, 0.3) is 0 Å². The minimum absolute atomic E-state index is 0.230. The topological polar surface area (TPSA) is 79.3 Å². The maximum atomic E-state index is 11.7. The van der Waals surface area contributed by atoms with Gasteiger partial charge in [-0.1, -0.05) is 0 Å². The van der Waals surface area contributed by atoms with Crippen LogP contribution in [0.15, 0.2) is 12.1 Å². The molecule has 17 heavy (non-hydrogen) atoms. The zero-order chi connectivity index (χ0) is 12.6. The lowest BCUT2D eigenvalue weighted by Gasteiger charge is -2.07. The van der Waals surface area contributed by atoms with E-state index < -0.39 is 17.8 Å². The molecular weight excluding hydrogens is 220 g/mol. The summed E-state index contributed by atoms with van der Waals surface area (Å²) >= 11 is 0. The summed E-state index contributed by atoms with van der Waals surface area (Å²) in [6, 6.07) is 3.60. The summed E-state index contributed by atoms with van der Waals surface area (Å²) in [5.74, 6) is -2.04. The normalized spacial score (nSPS) is 22.0. The van der Waals surface area contributed by atoms with E-state index in [0.717, 1.165) is 11.4 Å². The van der Waals surface area contributed by atoms with Gasteiger partial charge in [-0.3, -0.25) is 14.6 Å². The van der Waals surface area contributed by atoms with E-state index in [1.54, 1.807) is 6.07 Å². The fourth-order valence-electron chi connectivity index (χ4n) is 1.80. The summed E-state index contributed by atoms with van der Waals surface area (Å²) in [7, 11) is 0. The van der Waals surface area contributed by atoms with Gasteiger partial charge < -0.3 is 10.4 Å². The van der Waals surface area contributed by atoms with E-state index in [0.29, 0.717) is 12.1 Å². The Morgan fingerprint density at radius 2 is 2.06 bits per heavy atom. The van der Waals surface area contributed by atoms with Gasteiger partial charge in [-0.15, -0.1) is 0 Å². The van der Waals surface area contributed by atoms with Crippen LogP contribution in [-0.2, 0) is 9.59 Å². The largest absolute Gasteiger partial charge is 0.481 e. The Kier molecular flexibility index (Phi) is 2.83. The second-order valence-corrected chi connectivity index (χ2v) is 4.36. The first-order valence-corrected chi connectivity index (χ1v) is 5.47. The molecule has 2 atom stereocenters. The number of nitrogens with zero attached hydrogens (tertiary/aromatic N) is 1. The third-order valence-electron chi connectivity index (χ3n) is 2.93. The van der Waals surface area contributed by atoms with E-state index >= 15 is 0 Å². The highest BCUT2D eigenvalue weighted by Crippen LogP contribution is 2.39. The molecule has 1 heterocycles. The summed E-state index contributed by atoms with van der Waals surface area (Å²) < 4.78 is 0. The molecule has 1 saturated carbocycles. The van der Waals surface area contributed by atoms with Crippen LogP contribution >= 0.6 is 0 Å². The number of rotatable bonds is 3. The molecule has 5 heteroatoms. The highest BCUT2D eigenvalue weighted by Gasteiger charge is 2.48. The third kappa shape index (κ3) is 2.43. The zero-order valence-corrected chi connectivity index (χ0v) is 9.73. The number of carboxylic acid groups (broad SMARTS) is 1. The van der Waals surface area contributed by atoms with Crippen molar-refractivity contribution < 1.29 is 14.7 Å². The van der Waals surface area contributed by atoms with Crippen LogP contribution in [0.25, 0.3) is 0 Å². The van der Waals surface area contributed by atoms with Crippen molar-refractivity contribution in [1.82, 2.24) is 4.98 Å². The van der Waals surface area contributed by atoms with Crippen LogP contribution in [0.4, 0.5) is 5.69 Å². The Morgan fingerprint density at radius 3 is 2.59 bits per heavy atom. The SMILES string of the molecule is Cc1ccc(NC(=O)[C@@H]2C[C@@H]2C(=O)O)c(C)n1. The van der Waals surface area contributed by atoms with E-state index in [4.69, 9.17) is 5.11 Å². The first-order valence-electron chi connectivity index (χ1n) is 5.47. The number of carboxylic acids is 1. The predicted octanol–water partition coefficient (Wildman–Crippen LogP) is 1.36. The van der Waals surface area contributed by atoms with Crippen LogP contribution in [0, 0.1) is 25.7 Å². The number of nitrogens with one attached hydrogen (secondary N) is 1. The lowest BCUT2D eigenvalue weighted by molar-refractivity contribution is -0.139. The Balaban J connectivity index is 2.02. The molecule has 0 bridgehead atoms. The van der Waals surface area contributed by atoms with Gasteiger partial charge in [0.1, 0.15) is 0 Å². The van der Waals surface area contributed by atoms with Crippen molar-refractivity contribution in [2.75, 3.05) is 5.32 Å². The highest BCUT2D eigenvalue weighted by molar-refractivity contribution is 5.98. The summed E-state index contributed by atoms with van der Waals surface area (Å²) in [6.45, 7) is 3.68. The van der Waals surface area contributed by atoms with Gasteiger partial charge in [0.2, 0.25) is 5.91 Å². The van der Waals surface area contributed by atoms with Crippen LogP contribution in [0.5, 0.6) is 0 Å². The van der Waals surface area contributed by atoms with E-state index in [2.05, 4.69) is 10.3 Å². The second-order valence-electron chi connectivity index (χ2n) is 4.36. The molecule has 2 rings (SSSR count). The molecule has 0 spiro atoms. The Morgan fingerprint density at radius 1 is 1.35 bits per heavy atom. The maximum Gasteiger partial charge on any atom is 0.307 e. The van der Waals surface area contributed by atoms with Crippen molar-refractivity contribution in [3.8, 4) is 0 Å². The van der Waals surface area contributed by atoms with Crippen LogP contribution in [-0.4, -0.2) is 22.0 Å². The molecule has 0 radical (unpaired) electrons. The molecule has 1 fully saturated rings. The number of anilines is 1. The molecule has 2 N–H and O–H groups in total. The molecule has 1 aliphatic carbocycles. The Labute approximate surface area is 98.9 Å². The minimum atomic E-state index is -0.899. The van der Waals surface area contributed by atoms with Crippen LogP contribution < -0.4 is 5.32 Å². The first kappa shape index (κ1) is 11.6. The monoisotopic (exact) mass is 234 g/mol. The predicted molar refractivity (Wildman–Crippen MR) is 61.6 cm³/mol. The molecule has 1 aliphatic rings. The van der Waals surface area contributed by atoms with Gasteiger partial charge in [0, 0.05) is 5.69 Å². The number of carbonyl (C=O) groups is 2. The smallest absolute Gasteiger partial charge is 0.307 e. The number of pyridine rings is 1. The van der Waals surface area contributed by atoms with Crippen molar-refractivity contribution in [2.45, 2.75) is 20.3 Å². The number of aromatic nitrogens is 1. The van der Waals surface area contributed by atoms with Gasteiger partial charge in [0.15, 0.2) is 0 Å². The molecule has 0 saturated heterocycles. The molecular formula is C12H14N2O3. The minimum Gasteiger partial charge on any atom is -0.481 e. The fraction of sp³-hybridized carbons (Fsp3) is 0.417. The van der Waals surface area contributed by atoms with Gasteiger partial charge in [-0.2, -0.15) is 0 Å². The van der Waals surface area contributed by atoms with Gasteiger partial charge in [-0.25, -0.2) is 0 Å². The van der Waals surface area contributed by atoms with E-state index in [9.17, 15) is 9.59 Å². The Bertz CT molecular complexity index is 485. The molecule has 0 aliphatic heterocycles. The van der Waals surface area contributed by atoms with E-state index in [1.807, 2.05) is 19.9 Å². The maximum absolute atomic E-state index is 11.7. The average molecular weight is 234 g/mol. The lowest BCUT2D eigenvalue weighted by Crippen LogP contribution is -2.17. The molecule has 0 aromatic carbocycles. The van der Waals surface area contributed by atoms with Crippen LogP contribution in [0.1, 0.15) is 17.8 Å². The fourth-order valence-corrected chi connectivity index (χ4v) is 1.80. The highest BCUT2D eigenvalue weighted by atomic mass is 16.4. The molecule has 90 valence electrons. The Hall–Kier alpha value is -1.91. The standard InChI is InChI=1S/C12H14N2O3/c1-6-3-4-10(7(2)13-6)14-11(15)8-5-9(8)12(16)17/h3-4,8-9H,5H2,1-2H3,(H,14,15)(H,16,17)/t8-,9+/m1/s1. The molecule has 1 amide bonds. The second kappa shape index (κ2) is 4.16. The summed E-state index contributed by atoms with van der Waals surface area (Å²) in [4.78, 5) is 26.6. The van der Waals surface area contributed by atoms with E-state index in [-0.39, 0.29) is 5.91 Å². The number of hydrogen-bond donors (Lipinski definition) is 2. The van der Waals surface area contributed by atoms with E-state index in [1.165, 1.54) is 0 Å². The molecule has 1 aromatic rings. The molecule has 0 unspecified atom stereocenters. The first-order chi connectivity index (χ1) is 7.99. The van der Waals surface area contributed by atoms with Crippen molar-refractivity contribution >= 4 is 17.6 Å². The van der Waals surface area contributed by atoms with Crippen molar-refractivity contribution in [3.63, 3.8) is 0 Å². The molecule has 1 aromatic heterocycles. The zero-order valence-electron chi connectivity index (χ0n) is 9.73. The summed E-state index contributed by atoms with van der Waals surface area (Å²) in [5, 5.41) is 11.5. The number of hydrogen-bond acceptors (Lipinski definition) is 3. The van der Waals surface area contributed by atoms with Crippen molar-refractivity contribution in [2.24, 2.45) is 11.8 Å². The molecule has 5 nitrogen and oxygen atoms in total. The summed E-state index contributed by atoms with van der Waals surface area (Å²) in [6.07, 6.45) is 0.430. The summed E-state index contributed by atoms with van der Waals surface area (Å²) in [5.41, 5.74) is 2.28. The van der Waals surface area contributed by atoms with Crippen molar-refractivity contribution in [3.05, 3.63) is 23.5 Å². The lowest BCUT2D eigenvalue weighted by atomic mass is 10.2. The van der Waals surface area contributed by atoms with Gasteiger partial charge in [0.05, 0.1) is 23.2 Å². The third-order valence-corrected chi connectivity index (χ3v) is 2.93. The number of aryl methyl sites for hydroxylation is 2. The quantitative estimate of drug-likeness (QED) is 0.827.